The maximum atomic E-state index is 6.36. The maximum Gasteiger partial charge on any atom is 0.229 e. The van der Waals surface area contributed by atoms with Gasteiger partial charge in [0, 0.05) is 34.0 Å². The van der Waals surface area contributed by atoms with Crippen molar-refractivity contribution in [2.45, 2.75) is 0 Å². The molecule has 0 N–H and O–H groups in total. The first-order valence-corrected chi connectivity index (χ1v) is 18.7. The van der Waals surface area contributed by atoms with Gasteiger partial charge < -0.3 is 4.42 Å². The van der Waals surface area contributed by atoms with Gasteiger partial charge in [0.25, 0.3) is 0 Å². The van der Waals surface area contributed by atoms with Crippen molar-refractivity contribution in [3.8, 4) is 67.7 Å². The summed E-state index contributed by atoms with van der Waals surface area (Å²) in [5, 5.41) is 5.55. The lowest BCUT2D eigenvalue weighted by Gasteiger charge is -2.10. The zero-order chi connectivity index (χ0) is 37.7. The van der Waals surface area contributed by atoms with E-state index in [-0.39, 0.29) is 0 Å². The second-order valence-corrected chi connectivity index (χ2v) is 14.0. The third-order valence-electron chi connectivity index (χ3n) is 10.5. The van der Waals surface area contributed by atoms with Crippen LogP contribution in [-0.2, 0) is 0 Å². The van der Waals surface area contributed by atoms with Crippen LogP contribution in [0.5, 0.6) is 0 Å². The van der Waals surface area contributed by atoms with Crippen molar-refractivity contribution >= 4 is 43.7 Å². The quantitative estimate of drug-likeness (QED) is 0.157. The minimum Gasteiger partial charge on any atom is -0.434 e. The number of nitrogens with zero attached hydrogens (tertiary/aromatic N) is 6. The fourth-order valence-electron chi connectivity index (χ4n) is 7.54. The van der Waals surface area contributed by atoms with Crippen LogP contribution in [0.3, 0.4) is 0 Å². The van der Waals surface area contributed by atoms with Crippen LogP contribution in [0.25, 0.3) is 111 Å². The molecule has 0 aliphatic rings. The Kier molecular flexibility index (Phi) is 7.67. The molecule has 4 aromatic heterocycles. The van der Waals surface area contributed by atoms with Crippen LogP contribution in [0, 0.1) is 0 Å². The molecular weight excluding hydrogens is 701 g/mol. The Hall–Kier alpha value is -7.90. The number of benzene rings is 7. The molecule has 0 aliphatic heterocycles. The maximum absolute atomic E-state index is 6.36. The van der Waals surface area contributed by atoms with E-state index >= 15 is 0 Å². The Morgan fingerprint density at radius 1 is 0.351 bits per heavy atom. The van der Waals surface area contributed by atoms with E-state index in [0.717, 1.165) is 66.5 Å². The van der Waals surface area contributed by atoms with Crippen molar-refractivity contribution in [3.63, 3.8) is 0 Å². The Morgan fingerprint density at radius 3 is 1.67 bits per heavy atom. The van der Waals surface area contributed by atoms with E-state index in [1.54, 1.807) is 6.33 Å². The highest BCUT2D eigenvalue weighted by Gasteiger charge is 2.18. The van der Waals surface area contributed by atoms with Crippen molar-refractivity contribution in [1.82, 2.24) is 29.9 Å². The summed E-state index contributed by atoms with van der Waals surface area (Å²) in [7, 11) is 0. The van der Waals surface area contributed by atoms with Gasteiger partial charge in [0.05, 0.1) is 5.39 Å². The molecule has 11 aromatic rings. The first kappa shape index (κ1) is 32.5. The molecule has 266 valence electrons. The predicted molar refractivity (Wildman–Crippen MR) is 228 cm³/mol. The number of aromatic nitrogens is 6. The molecule has 0 amide bonds. The highest BCUT2D eigenvalue weighted by molar-refractivity contribution is 6.07. The first-order chi connectivity index (χ1) is 28.2. The summed E-state index contributed by atoms with van der Waals surface area (Å²) in [5.74, 6) is 1.82. The van der Waals surface area contributed by atoms with Crippen LogP contribution in [-0.4, -0.2) is 29.9 Å². The third kappa shape index (κ3) is 5.95. The van der Waals surface area contributed by atoms with Crippen molar-refractivity contribution in [2.75, 3.05) is 0 Å². The van der Waals surface area contributed by atoms with Gasteiger partial charge in [-0.2, -0.15) is 0 Å². The van der Waals surface area contributed by atoms with Gasteiger partial charge in [-0.3, -0.25) is 0 Å². The lowest BCUT2D eigenvalue weighted by atomic mass is 10.0. The molecule has 0 saturated carbocycles. The van der Waals surface area contributed by atoms with Gasteiger partial charge in [-0.15, -0.1) is 0 Å². The summed E-state index contributed by atoms with van der Waals surface area (Å²) in [5.41, 5.74) is 10.4. The molecule has 57 heavy (non-hydrogen) atoms. The summed E-state index contributed by atoms with van der Waals surface area (Å²) in [4.78, 5) is 29.0. The summed E-state index contributed by atoms with van der Waals surface area (Å²) < 4.78 is 6.36. The zero-order valence-corrected chi connectivity index (χ0v) is 30.4. The second kappa shape index (κ2) is 13.4. The average Bonchev–Trinajstić information content (AvgIpc) is 3.67. The topological polar surface area (TPSA) is 90.5 Å². The first-order valence-electron chi connectivity index (χ1n) is 18.7. The third-order valence-corrected chi connectivity index (χ3v) is 10.5. The highest BCUT2D eigenvalue weighted by Crippen LogP contribution is 2.36. The van der Waals surface area contributed by atoms with E-state index in [1.165, 1.54) is 16.2 Å². The molecule has 0 saturated heterocycles. The molecule has 0 radical (unpaired) electrons. The molecule has 0 bridgehead atoms. The fourth-order valence-corrected chi connectivity index (χ4v) is 7.54. The molecule has 0 aliphatic carbocycles. The van der Waals surface area contributed by atoms with Crippen LogP contribution in [0.1, 0.15) is 0 Å². The smallest absolute Gasteiger partial charge is 0.229 e. The SMILES string of the molecule is c1ccc(-c2cccc(-c3nc(-c4ccccc4)nc(-c4ccc(-c5cnc6oc7c(-c8ccc9cc%10ccccc%10cc9c8)ncnc7c6c5)cc4)n3)c2)cc1. The minimum atomic E-state index is 0.515. The molecule has 7 heteroatoms. The molecule has 0 atom stereocenters. The van der Waals surface area contributed by atoms with Crippen molar-refractivity contribution in [2.24, 2.45) is 0 Å². The molecule has 0 fully saturated rings. The van der Waals surface area contributed by atoms with E-state index in [1.807, 2.05) is 79.0 Å². The summed E-state index contributed by atoms with van der Waals surface area (Å²) in [6.45, 7) is 0. The molecular formula is C50H30N6O. The van der Waals surface area contributed by atoms with Crippen molar-refractivity contribution in [1.29, 1.82) is 0 Å². The second-order valence-electron chi connectivity index (χ2n) is 14.0. The predicted octanol–water partition coefficient (Wildman–Crippen LogP) is 12.3. The number of furan rings is 1. The number of hydrogen-bond acceptors (Lipinski definition) is 7. The molecule has 7 nitrogen and oxygen atoms in total. The molecule has 0 unspecified atom stereocenters. The Bertz CT molecular complexity index is 3290. The Labute approximate surface area is 327 Å². The number of hydrogen-bond donors (Lipinski definition) is 0. The number of fused-ring (bicyclic) bond motifs is 5. The average molecular weight is 731 g/mol. The Morgan fingerprint density at radius 2 is 0.912 bits per heavy atom. The van der Waals surface area contributed by atoms with Gasteiger partial charge >= 0.3 is 0 Å². The van der Waals surface area contributed by atoms with Crippen molar-refractivity contribution < 1.29 is 4.42 Å². The van der Waals surface area contributed by atoms with Crippen LogP contribution < -0.4 is 0 Å². The summed E-state index contributed by atoms with van der Waals surface area (Å²) >= 11 is 0. The molecule has 11 rings (SSSR count). The molecule has 4 heterocycles. The summed E-state index contributed by atoms with van der Waals surface area (Å²) in [6, 6.07) is 58.2. The van der Waals surface area contributed by atoms with Crippen molar-refractivity contribution in [3.05, 3.63) is 182 Å². The van der Waals surface area contributed by atoms with Crippen LogP contribution >= 0.6 is 0 Å². The monoisotopic (exact) mass is 730 g/mol. The van der Waals surface area contributed by atoms with E-state index in [0.29, 0.717) is 28.8 Å². The van der Waals surface area contributed by atoms with Gasteiger partial charge in [0.15, 0.2) is 23.1 Å². The standard InChI is InChI=1S/C50H30N6O/c1-3-10-31(11-4-1)35-16-9-17-40(25-35)49-55-47(33-12-5-2-6-13-33)54-48(56-49)34-20-18-32(19-21-34)42-28-43-45-46(57-50(43)51-29-42)44(52-30-53-45)39-23-22-38-24-36-14-7-8-15-37(36)26-41(38)27-39/h1-30H. The van der Waals surface area contributed by atoms with Crippen LogP contribution in [0.2, 0.25) is 0 Å². The lowest BCUT2D eigenvalue weighted by molar-refractivity contribution is 0.652. The number of pyridine rings is 1. The van der Waals surface area contributed by atoms with Crippen LogP contribution in [0.15, 0.2) is 187 Å². The van der Waals surface area contributed by atoms with Gasteiger partial charge in [0.2, 0.25) is 5.71 Å². The van der Waals surface area contributed by atoms with Gasteiger partial charge in [0.1, 0.15) is 17.5 Å². The van der Waals surface area contributed by atoms with Gasteiger partial charge in [-0.25, -0.2) is 29.9 Å². The summed E-state index contributed by atoms with van der Waals surface area (Å²) in [6.07, 6.45) is 3.44. The minimum absolute atomic E-state index is 0.515. The highest BCUT2D eigenvalue weighted by atomic mass is 16.3. The largest absolute Gasteiger partial charge is 0.434 e. The normalized spacial score (nSPS) is 11.5. The van der Waals surface area contributed by atoms with E-state index in [2.05, 4.69) is 107 Å². The number of rotatable bonds is 6. The zero-order valence-electron chi connectivity index (χ0n) is 30.4. The van der Waals surface area contributed by atoms with Gasteiger partial charge in [-0.05, 0) is 68.6 Å². The van der Waals surface area contributed by atoms with E-state index < -0.39 is 0 Å². The fraction of sp³-hybridized carbons (Fsp3) is 0. The van der Waals surface area contributed by atoms with E-state index in [9.17, 15) is 0 Å². The van der Waals surface area contributed by atoms with E-state index in [4.69, 9.17) is 24.4 Å². The van der Waals surface area contributed by atoms with Gasteiger partial charge in [-0.1, -0.05) is 140 Å². The lowest BCUT2D eigenvalue weighted by Crippen LogP contribution is -2.00. The molecule has 7 aromatic carbocycles. The van der Waals surface area contributed by atoms with Crippen LogP contribution in [0.4, 0.5) is 0 Å². The molecule has 0 spiro atoms. The Balaban J connectivity index is 0.950.